The van der Waals surface area contributed by atoms with E-state index in [-0.39, 0.29) is 11.8 Å². The molecular weight excluding hydrogens is 390 g/mol. The molecule has 6 heteroatoms. The molecule has 1 aliphatic rings. The van der Waals surface area contributed by atoms with Crippen molar-refractivity contribution < 1.29 is 14.3 Å². The van der Waals surface area contributed by atoms with Gasteiger partial charge in [0.25, 0.3) is 5.91 Å². The van der Waals surface area contributed by atoms with Gasteiger partial charge in [-0.25, -0.2) is 0 Å². The van der Waals surface area contributed by atoms with E-state index in [1.807, 2.05) is 61.2 Å². The standard InChI is InChI=1S/C25H33N3O3/c1-18(2)17-31-22-10-8-21(9-11-22)25(30)28-14-12-27(13-15-28)16-23(29)26-24-19(3)6-5-7-20(24)4/h5-11,18H,12-17H2,1-4H3,(H,26,29). The second kappa shape index (κ2) is 10.4. The lowest BCUT2D eigenvalue weighted by Gasteiger charge is -2.34. The maximum atomic E-state index is 12.8. The van der Waals surface area contributed by atoms with E-state index in [0.717, 1.165) is 22.6 Å². The van der Waals surface area contributed by atoms with Crippen LogP contribution in [-0.2, 0) is 4.79 Å². The molecule has 2 aromatic rings. The summed E-state index contributed by atoms with van der Waals surface area (Å²) in [5.74, 6) is 1.25. The minimum Gasteiger partial charge on any atom is -0.493 e. The third-order valence-electron chi connectivity index (χ3n) is 5.46. The van der Waals surface area contributed by atoms with Gasteiger partial charge in [-0.1, -0.05) is 32.0 Å². The Morgan fingerprint density at radius 2 is 1.58 bits per heavy atom. The predicted molar refractivity (Wildman–Crippen MR) is 124 cm³/mol. The molecule has 2 aromatic carbocycles. The smallest absolute Gasteiger partial charge is 0.253 e. The van der Waals surface area contributed by atoms with E-state index in [1.165, 1.54) is 0 Å². The first-order chi connectivity index (χ1) is 14.8. The van der Waals surface area contributed by atoms with Crippen LogP contribution in [0, 0.1) is 19.8 Å². The summed E-state index contributed by atoms with van der Waals surface area (Å²) < 4.78 is 5.69. The van der Waals surface area contributed by atoms with Gasteiger partial charge < -0.3 is 15.0 Å². The molecule has 2 amide bonds. The molecule has 31 heavy (non-hydrogen) atoms. The Balaban J connectivity index is 1.47. The summed E-state index contributed by atoms with van der Waals surface area (Å²) in [4.78, 5) is 29.3. The SMILES string of the molecule is Cc1cccc(C)c1NC(=O)CN1CCN(C(=O)c2ccc(OCC(C)C)cc2)CC1. The van der Waals surface area contributed by atoms with Crippen LogP contribution < -0.4 is 10.1 Å². The lowest BCUT2D eigenvalue weighted by Crippen LogP contribution is -2.50. The molecule has 1 N–H and O–H groups in total. The van der Waals surface area contributed by atoms with Crippen molar-refractivity contribution in [1.82, 2.24) is 9.80 Å². The quantitative estimate of drug-likeness (QED) is 0.737. The highest BCUT2D eigenvalue weighted by atomic mass is 16.5. The number of rotatable bonds is 7. The average Bonchev–Trinajstić information content (AvgIpc) is 2.75. The summed E-state index contributed by atoms with van der Waals surface area (Å²) in [5.41, 5.74) is 3.68. The molecule has 1 heterocycles. The Kier molecular flexibility index (Phi) is 7.69. The maximum Gasteiger partial charge on any atom is 0.253 e. The van der Waals surface area contributed by atoms with Gasteiger partial charge in [0.1, 0.15) is 5.75 Å². The minimum absolute atomic E-state index is 0.0193. The van der Waals surface area contributed by atoms with Crippen molar-refractivity contribution in [2.24, 2.45) is 5.92 Å². The number of anilines is 1. The Hall–Kier alpha value is -2.86. The van der Waals surface area contributed by atoms with Crippen molar-refractivity contribution in [3.63, 3.8) is 0 Å². The van der Waals surface area contributed by atoms with E-state index in [0.29, 0.717) is 50.8 Å². The normalized spacial score (nSPS) is 14.5. The monoisotopic (exact) mass is 423 g/mol. The molecular formula is C25H33N3O3. The molecule has 0 radical (unpaired) electrons. The molecule has 1 fully saturated rings. The Morgan fingerprint density at radius 1 is 0.968 bits per heavy atom. The second-order valence-electron chi connectivity index (χ2n) is 8.61. The molecule has 0 unspecified atom stereocenters. The van der Waals surface area contributed by atoms with Gasteiger partial charge in [-0.3, -0.25) is 14.5 Å². The van der Waals surface area contributed by atoms with Crippen LogP contribution in [0.3, 0.4) is 0 Å². The Labute approximate surface area is 185 Å². The van der Waals surface area contributed by atoms with Crippen LogP contribution in [0.1, 0.15) is 35.3 Å². The predicted octanol–water partition coefficient (Wildman–Crippen LogP) is 3.73. The number of hydrogen-bond acceptors (Lipinski definition) is 4. The van der Waals surface area contributed by atoms with Gasteiger partial charge in [0.05, 0.1) is 13.2 Å². The topological polar surface area (TPSA) is 61.9 Å². The fourth-order valence-electron chi connectivity index (χ4n) is 3.64. The molecule has 0 atom stereocenters. The Bertz CT molecular complexity index is 880. The molecule has 166 valence electrons. The maximum absolute atomic E-state index is 12.8. The number of benzene rings is 2. The number of nitrogens with one attached hydrogen (secondary N) is 1. The van der Waals surface area contributed by atoms with Gasteiger partial charge in [0.2, 0.25) is 5.91 Å². The Morgan fingerprint density at radius 3 is 2.16 bits per heavy atom. The fourth-order valence-corrected chi connectivity index (χ4v) is 3.64. The largest absolute Gasteiger partial charge is 0.493 e. The number of carbonyl (C=O) groups is 2. The van der Waals surface area contributed by atoms with Crippen LogP contribution in [-0.4, -0.2) is 60.9 Å². The number of carbonyl (C=O) groups excluding carboxylic acids is 2. The lowest BCUT2D eigenvalue weighted by molar-refractivity contribution is -0.117. The summed E-state index contributed by atoms with van der Waals surface area (Å²) in [6.45, 7) is 11.8. The average molecular weight is 424 g/mol. The number of aryl methyl sites for hydroxylation is 2. The van der Waals surface area contributed by atoms with E-state index in [4.69, 9.17) is 4.74 Å². The highest BCUT2D eigenvalue weighted by Crippen LogP contribution is 2.19. The summed E-state index contributed by atoms with van der Waals surface area (Å²) in [6.07, 6.45) is 0. The van der Waals surface area contributed by atoms with Crippen molar-refractivity contribution in [3.8, 4) is 5.75 Å². The van der Waals surface area contributed by atoms with E-state index in [2.05, 4.69) is 24.1 Å². The zero-order valence-corrected chi connectivity index (χ0v) is 19.0. The van der Waals surface area contributed by atoms with E-state index in [1.54, 1.807) is 0 Å². The minimum atomic E-state index is -0.0193. The van der Waals surface area contributed by atoms with Crippen molar-refractivity contribution in [1.29, 1.82) is 0 Å². The van der Waals surface area contributed by atoms with Crippen LogP contribution in [0.4, 0.5) is 5.69 Å². The van der Waals surface area contributed by atoms with Gasteiger partial charge in [-0.05, 0) is 55.2 Å². The van der Waals surface area contributed by atoms with Crippen molar-refractivity contribution in [2.45, 2.75) is 27.7 Å². The van der Waals surface area contributed by atoms with Gasteiger partial charge in [0, 0.05) is 37.4 Å². The second-order valence-corrected chi connectivity index (χ2v) is 8.61. The summed E-state index contributed by atoms with van der Waals surface area (Å²) in [6, 6.07) is 13.3. The lowest BCUT2D eigenvalue weighted by atomic mass is 10.1. The molecule has 0 spiro atoms. The number of amides is 2. The third kappa shape index (κ3) is 6.31. The van der Waals surface area contributed by atoms with Gasteiger partial charge >= 0.3 is 0 Å². The first-order valence-corrected chi connectivity index (χ1v) is 10.9. The van der Waals surface area contributed by atoms with E-state index >= 15 is 0 Å². The third-order valence-corrected chi connectivity index (χ3v) is 5.46. The number of nitrogens with zero attached hydrogens (tertiary/aromatic N) is 2. The van der Waals surface area contributed by atoms with E-state index < -0.39 is 0 Å². The molecule has 0 aliphatic carbocycles. The summed E-state index contributed by atoms with van der Waals surface area (Å²) in [5, 5.41) is 3.04. The number of para-hydroxylation sites is 1. The first kappa shape index (κ1) is 22.8. The van der Waals surface area contributed by atoms with Gasteiger partial charge in [-0.15, -0.1) is 0 Å². The van der Waals surface area contributed by atoms with Crippen molar-refractivity contribution in [3.05, 3.63) is 59.2 Å². The van der Waals surface area contributed by atoms with E-state index in [9.17, 15) is 9.59 Å². The molecule has 3 rings (SSSR count). The highest BCUT2D eigenvalue weighted by Gasteiger charge is 2.23. The van der Waals surface area contributed by atoms with Crippen LogP contribution in [0.5, 0.6) is 5.75 Å². The van der Waals surface area contributed by atoms with Crippen LogP contribution in [0.2, 0.25) is 0 Å². The number of ether oxygens (including phenoxy) is 1. The zero-order chi connectivity index (χ0) is 22.4. The number of piperazine rings is 1. The van der Waals surface area contributed by atoms with Gasteiger partial charge in [-0.2, -0.15) is 0 Å². The molecule has 0 saturated carbocycles. The molecule has 6 nitrogen and oxygen atoms in total. The van der Waals surface area contributed by atoms with Crippen LogP contribution in [0.15, 0.2) is 42.5 Å². The first-order valence-electron chi connectivity index (χ1n) is 10.9. The fraction of sp³-hybridized carbons (Fsp3) is 0.440. The van der Waals surface area contributed by atoms with Crippen molar-refractivity contribution >= 4 is 17.5 Å². The molecule has 0 bridgehead atoms. The molecule has 0 aromatic heterocycles. The summed E-state index contributed by atoms with van der Waals surface area (Å²) in [7, 11) is 0. The zero-order valence-electron chi connectivity index (χ0n) is 19.0. The van der Waals surface area contributed by atoms with Gasteiger partial charge in [0.15, 0.2) is 0 Å². The molecule has 1 saturated heterocycles. The van der Waals surface area contributed by atoms with Crippen LogP contribution >= 0.6 is 0 Å². The van der Waals surface area contributed by atoms with Crippen LogP contribution in [0.25, 0.3) is 0 Å². The summed E-state index contributed by atoms with van der Waals surface area (Å²) >= 11 is 0. The number of hydrogen-bond donors (Lipinski definition) is 1. The molecule has 1 aliphatic heterocycles. The highest BCUT2D eigenvalue weighted by molar-refractivity contribution is 5.95. The van der Waals surface area contributed by atoms with Crippen molar-refractivity contribution in [2.75, 3.05) is 44.6 Å².